The Morgan fingerprint density at radius 1 is 1.30 bits per heavy atom. The maximum atomic E-state index is 12.4. The summed E-state index contributed by atoms with van der Waals surface area (Å²) < 4.78 is 15.7. The molecular formula is C19H19NO8S2. The Bertz CT molecular complexity index is 888. The van der Waals surface area contributed by atoms with Crippen LogP contribution in [0.4, 0.5) is 0 Å². The van der Waals surface area contributed by atoms with E-state index in [1.165, 1.54) is 18.9 Å². The fourth-order valence-electron chi connectivity index (χ4n) is 3.00. The van der Waals surface area contributed by atoms with Crippen LogP contribution in [0.25, 0.3) is 0 Å². The first-order valence-electron chi connectivity index (χ1n) is 8.81. The van der Waals surface area contributed by atoms with E-state index >= 15 is 0 Å². The normalized spacial score (nSPS) is 21.4. The number of methoxy groups -OCH3 is 1. The number of ether oxygens (including phenoxy) is 3. The van der Waals surface area contributed by atoms with Crippen molar-refractivity contribution in [2.45, 2.75) is 23.8 Å². The fraction of sp³-hybridized carbons (Fsp3) is 0.368. The molecule has 3 atom stereocenters. The molecule has 1 aromatic carbocycles. The van der Waals surface area contributed by atoms with Gasteiger partial charge in [-0.1, -0.05) is 18.2 Å². The third-order valence-electron chi connectivity index (χ3n) is 4.30. The molecule has 0 radical (unpaired) electrons. The zero-order valence-corrected chi connectivity index (χ0v) is 17.7. The van der Waals surface area contributed by atoms with Crippen LogP contribution in [0.1, 0.15) is 6.92 Å². The predicted octanol–water partition coefficient (Wildman–Crippen LogP) is 1.48. The van der Waals surface area contributed by atoms with Gasteiger partial charge in [0.15, 0.2) is 18.1 Å². The van der Waals surface area contributed by atoms with Crippen molar-refractivity contribution in [3.63, 3.8) is 0 Å². The molecule has 11 heteroatoms. The van der Waals surface area contributed by atoms with Crippen LogP contribution in [0, 0.1) is 0 Å². The Morgan fingerprint density at radius 2 is 2.00 bits per heavy atom. The van der Waals surface area contributed by atoms with Crippen molar-refractivity contribution in [3.05, 3.63) is 41.6 Å². The number of β-lactam (4-membered cyclic amide) rings is 1. The lowest BCUT2D eigenvalue weighted by atomic mass is 10.1. The van der Waals surface area contributed by atoms with Crippen LogP contribution in [0.2, 0.25) is 0 Å². The number of para-hydroxylation sites is 1. The number of hydrogen-bond donors (Lipinski definition) is 1. The van der Waals surface area contributed by atoms with Crippen molar-refractivity contribution >= 4 is 46.5 Å². The number of carbonyl (C=O) groups is 4. The van der Waals surface area contributed by atoms with E-state index in [4.69, 9.17) is 14.2 Å². The smallest absolute Gasteiger partial charge is 0.352 e. The summed E-state index contributed by atoms with van der Waals surface area (Å²) in [6.45, 7) is 0.861. The van der Waals surface area contributed by atoms with Crippen LogP contribution in [0.15, 0.2) is 41.6 Å². The average Bonchev–Trinajstić information content (AvgIpc) is 2.71. The first kappa shape index (κ1) is 22.2. The predicted molar refractivity (Wildman–Crippen MR) is 109 cm³/mol. The first-order valence-corrected chi connectivity index (χ1v) is 10.7. The van der Waals surface area contributed by atoms with E-state index in [9.17, 15) is 24.3 Å². The third kappa shape index (κ3) is 4.63. The van der Waals surface area contributed by atoms with E-state index in [-0.39, 0.29) is 23.6 Å². The number of thioether (sulfide) groups is 2. The Balaban J connectivity index is 1.80. The number of hydrogen-bond acceptors (Lipinski definition) is 9. The summed E-state index contributed by atoms with van der Waals surface area (Å²) in [6, 6.07) is 8.69. The number of fused-ring (bicyclic) bond motifs is 1. The van der Waals surface area contributed by atoms with Gasteiger partial charge < -0.3 is 19.3 Å². The number of nitrogens with zero attached hydrogens (tertiary/aromatic N) is 1. The molecule has 30 heavy (non-hydrogen) atoms. The molecule has 1 amide bonds. The Hall–Kier alpha value is -2.50. The van der Waals surface area contributed by atoms with Crippen molar-refractivity contribution in [1.82, 2.24) is 4.90 Å². The van der Waals surface area contributed by atoms with Gasteiger partial charge in [-0.05, 0) is 23.9 Å². The van der Waals surface area contributed by atoms with Gasteiger partial charge in [0.05, 0.1) is 0 Å². The fourth-order valence-corrected chi connectivity index (χ4v) is 5.39. The van der Waals surface area contributed by atoms with Gasteiger partial charge in [0.2, 0.25) is 5.12 Å². The minimum absolute atomic E-state index is 0.160. The molecule has 3 rings (SSSR count). The average molecular weight is 453 g/mol. The zero-order valence-electron chi connectivity index (χ0n) is 16.1. The van der Waals surface area contributed by atoms with Crippen molar-refractivity contribution in [3.8, 4) is 5.75 Å². The van der Waals surface area contributed by atoms with Gasteiger partial charge in [-0.3, -0.25) is 19.3 Å². The Morgan fingerprint density at radius 3 is 2.60 bits per heavy atom. The van der Waals surface area contributed by atoms with Gasteiger partial charge >= 0.3 is 11.9 Å². The van der Waals surface area contributed by atoms with Crippen molar-refractivity contribution in [2.75, 3.05) is 19.5 Å². The molecule has 0 bridgehead atoms. The lowest BCUT2D eigenvalue weighted by Crippen LogP contribution is -2.65. The van der Waals surface area contributed by atoms with E-state index in [0.29, 0.717) is 17.5 Å². The minimum atomic E-state index is -1.34. The maximum Gasteiger partial charge on any atom is 0.352 e. The summed E-state index contributed by atoms with van der Waals surface area (Å²) in [5.74, 6) is -1.86. The number of carboxylic acid groups (broad SMARTS) is 1. The van der Waals surface area contributed by atoms with Crippen molar-refractivity contribution in [2.24, 2.45) is 0 Å². The molecule has 1 unspecified atom stereocenters. The van der Waals surface area contributed by atoms with Crippen LogP contribution in [-0.2, 0) is 28.7 Å². The van der Waals surface area contributed by atoms with Gasteiger partial charge in [-0.15, -0.1) is 11.8 Å². The lowest BCUT2D eigenvalue weighted by molar-refractivity contribution is -0.162. The van der Waals surface area contributed by atoms with Crippen molar-refractivity contribution in [1.29, 1.82) is 0 Å². The molecule has 1 N–H and O–H groups in total. The van der Waals surface area contributed by atoms with Gasteiger partial charge in [-0.2, -0.15) is 0 Å². The second-order valence-electron chi connectivity index (χ2n) is 6.28. The highest BCUT2D eigenvalue weighted by molar-refractivity contribution is 8.14. The monoisotopic (exact) mass is 453 g/mol. The molecular weight excluding hydrogens is 434 g/mol. The van der Waals surface area contributed by atoms with Crippen LogP contribution in [0.5, 0.6) is 5.75 Å². The molecule has 0 aromatic heterocycles. The lowest BCUT2D eigenvalue weighted by Gasteiger charge is -2.49. The second kappa shape index (κ2) is 9.54. The summed E-state index contributed by atoms with van der Waals surface area (Å²) in [7, 11) is 1.38. The number of aliphatic carboxylic acids is 1. The summed E-state index contributed by atoms with van der Waals surface area (Å²) in [6.07, 6.45) is -0.730. The van der Waals surface area contributed by atoms with E-state index in [0.717, 1.165) is 11.8 Å². The quantitative estimate of drug-likeness (QED) is 0.352. The molecule has 9 nitrogen and oxygen atoms in total. The van der Waals surface area contributed by atoms with Crippen LogP contribution >= 0.6 is 23.5 Å². The summed E-state index contributed by atoms with van der Waals surface area (Å²) in [4.78, 5) is 49.4. The van der Waals surface area contributed by atoms with Gasteiger partial charge in [0, 0.05) is 25.4 Å². The highest BCUT2D eigenvalue weighted by Gasteiger charge is 2.55. The van der Waals surface area contributed by atoms with Crippen molar-refractivity contribution < 1.29 is 38.5 Å². The number of carboxylic acids is 1. The number of esters is 1. The zero-order chi connectivity index (χ0) is 21.8. The summed E-state index contributed by atoms with van der Waals surface area (Å²) >= 11 is 1.93. The summed E-state index contributed by atoms with van der Waals surface area (Å²) in [5, 5.41) is 8.78. The Labute approximate surface area is 180 Å². The largest absolute Gasteiger partial charge is 0.485 e. The van der Waals surface area contributed by atoms with Gasteiger partial charge in [0.25, 0.3) is 5.91 Å². The Kier molecular flexibility index (Phi) is 7.06. The molecule has 2 heterocycles. The molecule has 1 fully saturated rings. The van der Waals surface area contributed by atoms with Crippen LogP contribution in [-0.4, -0.2) is 69.4 Å². The van der Waals surface area contributed by atoms with E-state index < -0.39 is 39.9 Å². The molecule has 2 aliphatic rings. The molecule has 0 saturated carbocycles. The number of benzene rings is 1. The number of rotatable bonds is 8. The molecule has 0 spiro atoms. The van der Waals surface area contributed by atoms with E-state index in [1.807, 2.05) is 0 Å². The highest BCUT2D eigenvalue weighted by atomic mass is 32.2. The van der Waals surface area contributed by atoms with Crippen LogP contribution in [0.3, 0.4) is 0 Å². The number of amides is 1. The van der Waals surface area contributed by atoms with Gasteiger partial charge in [0.1, 0.15) is 16.8 Å². The molecule has 160 valence electrons. The first-order chi connectivity index (χ1) is 14.3. The maximum absolute atomic E-state index is 12.4. The van der Waals surface area contributed by atoms with Gasteiger partial charge in [-0.25, -0.2) is 4.79 Å². The molecule has 1 aromatic rings. The van der Waals surface area contributed by atoms with E-state index in [2.05, 4.69) is 0 Å². The minimum Gasteiger partial charge on any atom is -0.485 e. The summed E-state index contributed by atoms with van der Waals surface area (Å²) in [5.41, 5.74) is -1.31. The standard InChI is InChI=1S/C19H19NO8S2/c1-10(21)28-19(30-13(22)8-27-11-6-4-3-5-7-11)12-9-29-17-15(26-2)16(23)20(17)14(12)18(24)25/h3-7,15,17,19H,8-9H2,1-2H3,(H,24,25)/t15-,17+,19?/m0/s1. The molecule has 1 saturated heterocycles. The molecule has 2 aliphatic heterocycles. The highest BCUT2D eigenvalue weighted by Crippen LogP contribution is 2.44. The van der Waals surface area contributed by atoms with E-state index in [1.54, 1.807) is 30.3 Å². The number of carbonyl (C=O) groups excluding carboxylic acids is 3. The SMILES string of the molecule is CO[C@H]1C(=O)N2C(C(=O)O)=C(C(OC(C)=O)SC(=O)COc3ccccc3)CS[C@H]12. The second-order valence-corrected chi connectivity index (χ2v) is 8.50. The topological polar surface area (TPSA) is 119 Å². The third-order valence-corrected chi connectivity index (χ3v) is 6.55. The molecule has 0 aliphatic carbocycles. The van der Waals surface area contributed by atoms with Crippen LogP contribution < -0.4 is 4.74 Å².